The normalized spacial score (nSPS) is 15.1. The number of hydrogen-bond donors (Lipinski definition) is 2. The maximum atomic E-state index is 15.4. The summed E-state index contributed by atoms with van der Waals surface area (Å²) in [4.78, 5) is 12.8. The Bertz CT molecular complexity index is 1540. The lowest BCUT2D eigenvalue weighted by molar-refractivity contribution is -0.139. The van der Waals surface area contributed by atoms with Crippen molar-refractivity contribution in [3.63, 3.8) is 0 Å². The van der Waals surface area contributed by atoms with Gasteiger partial charge in [0.25, 0.3) is 0 Å². The first-order chi connectivity index (χ1) is 18.6. The topological polar surface area (TPSA) is 75.4 Å². The number of alkyl halides is 3. The van der Waals surface area contributed by atoms with Crippen LogP contribution in [0.4, 0.5) is 17.6 Å². The lowest BCUT2D eigenvalue weighted by atomic mass is 9.91. The van der Waals surface area contributed by atoms with Crippen LogP contribution in [0.3, 0.4) is 0 Å². The van der Waals surface area contributed by atoms with Crippen LogP contribution in [0, 0.1) is 5.82 Å². The summed E-state index contributed by atoms with van der Waals surface area (Å²) < 4.78 is 57.9. The minimum atomic E-state index is -4.76. The molecule has 1 aliphatic rings. The number of aliphatic hydroxyl groups is 2. The van der Waals surface area contributed by atoms with Gasteiger partial charge in [-0.3, -0.25) is 4.79 Å². The molecule has 0 fully saturated rings. The van der Waals surface area contributed by atoms with Crippen molar-refractivity contribution in [2.75, 3.05) is 0 Å². The second kappa shape index (κ2) is 10.6. The summed E-state index contributed by atoms with van der Waals surface area (Å²) in [5.74, 6) is -1.50. The molecule has 0 bridgehead atoms. The Morgan fingerprint density at radius 1 is 0.974 bits per heavy atom. The van der Waals surface area contributed by atoms with Gasteiger partial charge in [-0.15, -0.1) is 0 Å². The van der Waals surface area contributed by atoms with Crippen molar-refractivity contribution in [2.45, 2.75) is 44.1 Å². The van der Waals surface area contributed by atoms with Gasteiger partial charge in [0.2, 0.25) is 0 Å². The molecule has 1 heterocycles. The minimum Gasteiger partial charge on any atom is -0.382 e. The highest BCUT2D eigenvalue weighted by Crippen LogP contribution is 2.42. The van der Waals surface area contributed by atoms with E-state index in [4.69, 9.17) is 11.6 Å². The molecular formula is C29H23ClF4N2O3. The molecule has 5 nitrogen and oxygen atoms in total. The van der Waals surface area contributed by atoms with E-state index in [0.717, 1.165) is 31.0 Å². The number of carbonyl (C=O) groups is 1. The summed E-state index contributed by atoms with van der Waals surface area (Å²) in [7, 11) is 0. The van der Waals surface area contributed by atoms with Crippen molar-refractivity contribution in [1.82, 2.24) is 9.78 Å². The van der Waals surface area contributed by atoms with Crippen LogP contribution < -0.4 is 0 Å². The van der Waals surface area contributed by atoms with Crippen LogP contribution in [0.1, 0.15) is 69.0 Å². The number of fused-ring (bicyclic) bond motifs is 1. The number of aliphatic hydroxyl groups excluding tert-OH is 2. The van der Waals surface area contributed by atoms with Crippen LogP contribution in [-0.4, -0.2) is 25.8 Å². The van der Waals surface area contributed by atoms with Crippen LogP contribution >= 0.6 is 11.6 Å². The Kier molecular flexibility index (Phi) is 7.33. The Balaban J connectivity index is 1.55. The average molecular weight is 559 g/mol. The molecule has 39 heavy (non-hydrogen) atoms. The number of nitrogens with zero attached hydrogens (tertiary/aromatic N) is 2. The SMILES string of the molecule is O=C(c1ccc(-n2nc(C(O)c3c(Cl)cccc3C(F)(F)F)c3c2CCCC3)c(F)c1)C(O)c1ccccc1. The summed E-state index contributed by atoms with van der Waals surface area (Å²) in [5.41, 5.74) is -0.230. The van der Waals surface area contributed by atoms with E-state index in [9.17, 15) is 28.2 Å². The highest BCUT2D eigenvalue weighted by atomic mass is 35.5. The largest absolute Gasteiger partial charge is 0.416 e. The van der Waals surface area contributed by atoms with Crippen molar-refractivity contribution in [1.29, 1.82) is 0 Å². The zero-order valence-electron chi connectivity index (χ0n) is 20.4. The van der Waals surface area contributed by atoms with Gasteiger partial charge in [0, 0.05) is 27.4 Å². The number of carbonyl (C=O) groups excluding carboxylic acids is 1. The molecule has 0 aliphatic heterocycles. The molecule has 2 N–H and O–H groups in total. The van der Waals surface area contributed by atoms with Crippen LogP contribution in [0.2, 0.25) is 5.02 Å². The van der Waals surface area contributed by atoms with E-state index >= 15 is 4.39 Å². The molecule has 5 rings (SSSR count). The molecular weight excluding hydrogens is 536 g/mol. The monoisotopic (exact) mass is 558 g/mol. The van der Waals surface area contributed by atoms with Gasteiger partial charge in [-0.1, -0.05) is 48.0 Å². The van der Waals surface area contributed by atoms with Gasteiger partial charge in [-0.25, -0.2) is 9.07 Å². The van der Waals surface area contributed by atoms with Crippen molar-refractivity contribution < 1.29 is 32.6 Å². The summed E-state index contributed by atoms with van der Waals surface area (Å²) in [6.45, 7) is 0. The van der Waals surface area contributed by atoms with E-state index in [2.05, 4.69) is 5.10 Å². The second-order valence-electron chi connectivity index (χ2n) is 9.37. The molecule has 2 unspecified atom stereocenters. The van der Waals surface area contributed by atoms with Crippen molar-refractivity contribution >= 4 is 17.4 Å². The third-order valence-electron chi connectivity index (χ3n) is 6.93. The fraction of sp³-hybridized carbons (Fsp3) is 0.241. The smallest absolute Gasteiger partial charge is 0.382 e. The number of benzene rings is 3. The first kappa shape index (κ1) is 27.1. The van der Waals surface area contributed by atoms with Gasteiger partial charge in [-0.2, -0.15) is 18.3 Å². The fourth-order valence-corrected chi connectivity index (χ4v) is 5.30. The van der Waals surface area contributed by atoms with E-state index in [1.54, 1.807) is 30.3 Å². The van der Waals surface area contributed by atoms with Gasteiger partial charge in [0.05, 0.1) is 11.3 Å². The Labute approximate surface area is 226 Å². The third kappa shape index (κ3) is 5.09. The maximum absolute atomic E-state index is 15.4. The van der Waals surface area contributed by atoms with E-state index in [-0.39, 0.29) is 22.0 Å². The summed E-state index contributed by atoms with van der Waals surface area (Å²) in [6, 6.07) is 15.2. The van der Waals surface area contributed by atoms with Gasteiger partial charge in [-0.05, 0) is 61.6 Å². The Morgan fingerprint density at radius 2 is 1.69 bits per heavy atom. The van der Waals surface area contributed by atoms with Crippen molar-refractivity contribution in [3.8, 4) is 5.69 Å². The fourth-order valence-electron chi connectivity index (χ4n) is 5.02. The third-order valence-corrected chi connectivity index (χ3v) is 7.26. The molecule has 202 valence electrons. The van der Waals surface area contributed by atoms with Crippen molar-refractivity contribution in [2.24, 2.45) is 0 Å². The van der Waals surface area contributed by atoms with Crippen molar-refractivity contribution in [3.05, 3.63) is 117 Å². The highest BCUT2D eigenvalue weighted by molar-refractivity contribution is 6.31. The van der Waals surface area contributed by atoms with E-state index < -0.39 is 41.1 Å². The molecule has 10 heteroatoms. The summed E-state index contributed by atoms with van der Waals surface area (Å²) >= 11 is 6.12. The molecule has 1 aromatic heterocycles. The molecule has 2 atom stereocenters. The van der Waals surface area contributed by atoms with E-state index in [0.29, 0.717) is 29.7 Å². The summed E-state index contributed by atoms with van der Waals surface area (Å²) in [5, 5.41) is 25.7. The van der Waals surface area contributed by atoms with E-state index in [1.165, 1.54) is 22.9 Å². The first-order valence-electron chi connectivity index (χ1n) is 12.3. The number of halogens is 5. The van der Waals surface area contributed by atoms with Crippen LogP contribution in [0.15, 0.2) is 66.7 Å². The number of hydrogen-bond acceptors (Lipinski definition) is 4. The second-order valence-corrected chi connectivity index (χ2v) is 9.78. The minimum absolute atomic E-state index is 0.0256. The molecule has 3 aromatic carbocycles. The molecule has 0 saturated carbocycles. The molecule has 0 radical (unpaired) electrons. The predicted molar refractivity (Wildman–Crippen MR) is 136 cm³/mol. The predicted octanol–water partition coefficient (Wildman–Crippen LogP) is 6.56. The standard InChI is InChI=1S/C29H23ClF4N2O3/c30-20-11-6-10-19(29(32,33)34)24(20)28(39)25-18-9-4-5-12-22(18)36(35-25)23-14-13-17(15-21(23)31)27(38)26(37)16-7-2-1-3-8-16/h1-3,6-8,10-11,13-15,26,28,37,39H,4-5,9,12H2. The Morgan fingerprint density at radius 3 is 2.38 bits per heavy atom. The molecule has 0 amide bonds. The average Bonchev–Trinajstić information content (AvgIpc) is 3.31. The maximum Gasteiger partial charge on any atom is 0.416 e. The quantitative estimate of drug-likeness (QED) is 0.208. The zero-order valence-corrected chi connectivity index (χ0v) is 21.2. The highest BCUT2D eigenvalue weighted by Gasteiger charge is 2.38. The van der Waals surface area contributed by atoms with Crippen LogP contribution in [0.25, 0.3) is 5.69 Å². The molecule has 0 saturated heterocycles. The van der Waals surface area contributed by atoms with Gasteiger partial charge in [0.1, 0.15) is 23.7 Å². The molecule has 1 aliphatic carbocycles. The molecule has 0 spiro atoms. The van der Waals surface area contributed by atoms with Gasteiger partial charge >= 0.3 is 6.18 Å². The summed E-state index contributed by atoms with van der Waals surface area (Å²) in [6.07, 6.45) is -5.66. The van der Waals surface area contributed by atoms with E-state index in [1.807, 2.05) is 0 Å². The first-order valence-corrected chi connectivity index (χ1v) is 12.7. The van der Waals surface area contributed by atoms with Gasteiger partial charge < -0.3 is 10.2 Å². The number of aromatic nitrogens is 2. The number of rotatable bonds is 6. The van der Waals surface area contributed by atoms with Gasteiger partial charge in [0.15, 0.2) is 5.78 Å². The lowest BCUT2D eigenvalue weighted by Gasteiger charge is -2.19. The Hall–Kier alpha value is -3.53. The number of ketones is 1. The van der Waals surface area contributed by atoms with Crippen LogP contribution in [0.5, 0.6) is 0 Å². The van der Waals surface area contributed by atoms with Crippen LogP contribution in [-0.2, 0) is 19.0 Å². The lowest BCUT2D eigenvalue weighted by Crippen LogP contribution is -2.15. The zero-order chi connectivity index (χ0) is 27.9. The molecule has 4 aromatic rings. The number of Topliss-reactive ketones (excluding diaryl/α,β-unsaturated/α-hetero) is 1.